The van der Waals surface area contributed by atoms with Crippen molar-refractivity contribution in [1.29, 1.82) is 0 Å². The molecular weight excluding hydrogens is 448 g/mol. The van der Waals surface area contributed by atoms with Crippen molar-refractivity contribution in [2.75, 3.05) is 13.7 Å². The number of hydrogen-bond acceptors (Lipinski definition) is 5. The van der Waals surface area contributed by atoms with Gasteiger partial charge in [-0.2, -0.15) is 0 Å². The van der Waals surface area contributed by atoms with Gasteiger partial charge in [0.25, 0.3) is 0 Å². The number of carboxylic acids is 1. The van der Waals surface area contributed by atoms with Crippen LogP contribution in [0, 0.1) is 0 Å². The number of carbonyl (C=O) groups excluding carboxylic acids is 2. The fourth-order valence-corrected chi connectivity index (χ4v) is 4.85. The number of carboxylic acid groups (broad SMARTS) is 1. The van der Waals surface area contributed by atoms with Crippen LogP contribution in [0.4, 0.5) is 4.79 Å². The first-order chi connectivity index (χ1) is 16.9. The number of alkyl carbamates (subject to hydrolysis) is 1. The molecular formula is C26H26N4O5. The molecule has 2 aliphatic rings. The maximum atomic E-state index is 13.2. The van der Waals surface area contributed by atoms with Gasteiger partial charge in [-0.05, 0) is 35.1 Å². The summed E-state index contributed by atoms with van der Waals surface area (Å²) in [6, 6.07) is 15.1. The minimum Gasteiger partial charge on any atom is -0.479 e. The number of aliphatic carboxylic acids is 1. The average Bonchev–Trinajstić information content (AvgIpc) is 3.41. The molecule has 1 saturated carbocycles. The zero-order valence-electron chi connectivity index (χ0n) is 19.2. The summed E-state index contributed by atoms with van der Waals surface area (Å²) in [6.07, 6.45) is 3.19. The second-order valence-corrected chi connectivity index (χ2v) is 9.04. The first-order valence-corrected chi connectivity index (χ1v) is 11.5. The summed E-state index contributed by atoms with van der Waals surface area (Å²) in [7, 11) is 1.46. The van der Waals surface area contributed by atoms with Gasteiger partial charge in [0, 0.05) is 31.3 Å². The zero-order valence-corrected chi connectivity index (χ0v) is 19.2. The van der Waals surface area contributed by atoms with Crippen LogP contribution in [0.3, 0.4) is 0 Å². The fourth-order valence-electron chi connectivity index (χ4n) is 4.85. The van der Waals surface area contributed by atoms with Gasteiger partial charge >= 0.3 is 12.1 Å². The number of aromatic amines is 1. The molecule has 35 heavy (non-hydrogen) atoms. The summed E-state index contributed by atoms with van der Waals surface area (Å²) < 4.78 is 5.61. The Balaban J connectivity index is 1.30. The molecule has 1 atom stereocenters. The monoisotopic (exact) mass is 474 g/mol. The molecule has 0 radical (unpaired) electrons. The number of benzene rings is 2. The Morgan fingerprint density at radius 1 is 1.14 bits per heavy atom. The number of likely N-dealkylation sites (N-methyl/N-ethyl adjacent to an activating group) is 1. The smallest absolute Gasteiger partial charge is 0.407 e. The summed E-state index contributed by atoms with van der Waals surface area (Å²) in [4.78, 5) is 45.9. The topological polar surface area (TPSA) is 125 Å². The van der Waals surface area contributed by atoms with E-state index in [1.807, 2.05) is 36.4 Å². The lowest BCUT2D eigenvalue weighted by atomic mass is 9.98. The van der Waals surface area contributed by atoms with Crippen molar-refractivity contribution in [3.8, 4) is 11.1 Å². The van der Waals surface area contributed by atoms with E-state index in [1.165, 1.54) is 18.3 Å². The molecule has 5 rings (SSSR count). The maximum Gasteiger partial charge on any atom is 0.407 e. The average molecular weight is 475 g/mol. The lowest BCUT2D eigenvalue weighted by molar-refractivity contribution is -0.151. The first kappa shape index (κ1) is 22.6. The standard InChI is InChI=1S/C26H26N4O5/c1-30(26(10-11-26)24(32)33)23(31)22(12-16-13-27-15-28-16)29-25(34)35-14-21-19-8-4-2-6-17(19)18-7-3-5-9-20(18)21/h2-9,13,15,21-22H,10-12,14H2,1H3,(H,27,28)(H,29,34)(H,32,33). The highest BCUT2D eigenvalue weighted by molar-refractivity contribution is 5.93. The van der Waals surface area contributed by atoms with Gasteiger partial charge in [0.05, 0.1) is 6.33 Å². The van der Waals surface area contributed by atoms with Gasteiger partial charge in [0.1, 0.15) is 18.2 Å². The zero-order chi connectivity index (χ0) is 24.6. The SMILES string of the molecule is CN(C(=O)C(Cc1cnc[nH]1)NC(=O)OCC1c2ccccc2-c2ccccc21)C1(C(=O)O)CC1. The molecule has 9 heteroatoms. The van der Waals surface area contributed by atoms with Crippen molar-refractivity contribution < 1.29 is 24.2 Å². The van der Waals surface area contributed by atoms with Gasteiger partial charge in [0.15, 0.2) is 0 Å². The summed E-state index contributed by atoms with van der Waals surface area (Å²) in [5.41, 5.74) is 3.83. The molecule has 3 N–H and O–H groups in total. The minimum absolute atomic E-state index is 0.111. The second-order valence-electron chi connectivity index (χ2n) is 9.04. The van der Waals surface area contributed by atoms with Crippen LogP contribution < -0.4 is 5.32 Å². The minimum atomic E-state index is -1.22. The number of ether oxygens (including phenoxy) is 1. The molecule has 2 aromatic carbocycles. The van der Waals surface area contributed by atoms with Gasteiger partial charge in [-0.1, -0.05) is 48.5 Å². The number of nitrogens with zero attached hydrogens (tertiary/aromatic N) is 2. The highest BCUT2D eigenvalue weighted by Gasteiger charge is 2.56. The van der Waals surface area contributed by atoms with Crippen LogP contribution in [-0.2, 0) is 20.7 Å². The molecule has 3 aromatic rings. The third-order valence-electron chi connectivity index (χ3n) is 7.01. The van der Waals surface area contributed by atoms with Crippen LogP contribution in [0.5, 0.6) is 0 Å². The lowest BCUT2D eigenvalue weighted by Gasteiger charge is -2.29. The Kier molecular flexibility index (Phi) is 5.76. The predicted molar refractivity (Wildman–Crippen MR) is 127 cm³/mol. The largest absolute Gasteiger partial charge is 0.479 e. The van der Waals surface area contributed by atoms with Crippen molar-refractivity contribution in [2.24, 2.45) is 0 Å². The predicted octanol–water partition coefficient (Wildman–Crippen LogP) is 2.94. The van der Waals surface area contributed by atoms with E-state index in [2.05, 4.69) is 27.4 Å². The van der Waals surface area contributed by atoms with E-state index in [0.29, 0.717) is 18.5 Å². The normalized spacial score (nSPS) is 16.0. The third kappa shape index (κ3) is 4.14. The number of amides is 2. The van der Waals surface area contributed by atoms with Crippen molar-refractivity contribution in [2.45, 2.75) is 36.8 Å². The van der Waals surface area contributed by atoms with E-state index >= 15 is 0 Å². The van der Waals surface area contributed by atoms with Gasteiger partial charge in [-0.15, -0.1) is 0 Å². The molecule has 0 bridgehead atoms. The van der Waals surface area contributed by atoms with Gasteiger partial charge in [-0.25, -0.2) is 14.6 Å². The molecule has 0 saturated heterocycles. The number of rotatable bonds is 8. The van der Waals surface area contributed by atoms with E-state index in [1.54, 1.807) is 6.20 Å². The Labute approximate surface area is 202 Å². The van der Waals surface area contributed by atoms with Crippen molar-refractivity contribution >= 4 is 18.0 Å². The summed E-state index contributed by atoms with van der Waals surface area (Å²) in [5, 5.41) is 12.2. The summed E-state index contributed by atoms with van der Waals surface area (Å²) >= 11 is 0. The Hall–Kier alpha value is -4.14. The van der Waals surface area contributed by atoms with Crippen LogP contribution in [0.2, 0.25) is 0 Å². The van der Waals surface area contributed by atoms with Crippen molar-refractivity contribution in [1.82, 2.24) is 20.2 Å². The van der Waals surface area contributed by atoms with E-state index in [-0.39, 0.29) is 18.9 Å². The van der Waals surface area contributed by atoms with E-state index < -0.39 is 29.6 Å². The van der Waals surface area contributed by atoms with E-state index in [0.717, 1.165) is 22.3 Å². The number of hydrogen-bond donors (Lipinski definition) is 3. The fraction of sp³-hybridized carbons (Fsp3) is 0.308. The number of carbonyl (C=O) groups is 3. The highest BCUT2D eigenvalue weighted by Crippen LogP contribution is 2.44. The van der Waals surface area contributed by atoms with Crippen LogP contribution in [0.1, 0.15) is 35.6 Å². The second kappa shape index (κ2) is 8.90. The Morgan fingerprint density at radius 3 is 2.31 bits per heavy atom. The molecule has 2 amide bonds. The molecule has 1 unspecified atom stereocenters. The quantitative estimate of drug-likeness (QED) is 0.461. The molecule has 0 aliphatic heterocycles. The number of aromatic nitrogens is 2. The summed E-state index contributed by atoms with van der Waals surface area (Å²) in [6.45, 7) is 0.111. The Morgan fingerprint density at radius 2 is 1.77 bits per heavy atom. The van der Waals surface area contributed by atoms with Crippen LogP contribution in [0.25, 0.3) is 11.1 Å². The van der Waals surface area contributed by atoms with Gasteiger partial charge in [-0.3, -0.25) is 4.79 Å². The molecule has 0 spiro atoms. The van der Waals surface area contributed by atoms with Crippen LogP contribution in [0.15, 0.2) is 61.1 Å². The molecule has 9 nitrogen and oxygen atoms in total. The maximum absolute atomic E-state index is 13.2. The van der Waals surface area contributed by atoms with Gasteiger partial charge in [0.2, 0.25) is 5.91 Å². The summed E-state index contributed by atoms with van der Waals surface area (Å²) in [5.74, 6) is -1.65. The number of imidazole rings is 1. The van der Waals surface area contributed by atoms with E-state index in [4.69, 9.17) is 4.74 Å². The molecule has 180 valence electrons. The Bertz CT molecular complexity index is 1220. The highest BCUT2D eigenvalue weighted by atomic mass is 16.5. The van der Waals surface area contributed by atoms with E-state index in [9.17, 15) is 19.5 Å². The molecule has 1 heterocycles. The molecule has 1 fully saturated rings. The number of fused-ring (bicyclic) bond motifs is 3. The third-order valence-corrected chi connectivity index (χ3v) is 7.01. The van der Waals surface area contributed by atoms with Crippen molar-refractivity contribution in [3.05, 3.63) is 77.9 Å². The number of nitrogens with one attached hydrogen (secondary N) is 2. The van der Waals surface area contributed by atoms with Crippen molar-refractivity contribution in [3.63, 3.8) is 0 Å². The van der Waals surface area contributed by atoms with Crippen LogP contribution in [-0.4, -0.2) is 63.2 Å². The first-order valence-electron chi connectivity index (χ1n) is 11.5. The van der Waals surface area contributed by atoms with Crippen LogP contribution >= 0.6 is 0 Å². The molecule has 1 aromatic heterocycles. The molecule has 2 aliphatic carbocycles. The van der Waals surface area contributed by atoms with Gasteiger partial charge < -0.3 is 25.0 Å². The lowest BCUT2D eigenvalue weighted by Crippen LogP contribution is -2.54. The number of H-pyrrole nitrogens is 1.